The molecule has 0 fully saturated rings. The number of hydrogen-bond acceptors (Lipinski definition) is 2. The fourth-order valence-electron chi connectivity index (χ4n) is 1.90. The van der Waals surface area contributed by atoms with Gasteiger partial charge in [0.05, 0.1) is 5.56 Å². The standard InChI is InChI=1S/C14H11F3O2/c1-8-2-3-12(13(4-8)14(15,16)17)9-5-10(18)7-11(19)6-9/h2-7,18-19H,1H3. The molecule has 0 saturated carbocycles. The molecule has 0 aliphatic carbocycles. The van der Waals surface area contributed by atoms with Crippen molar-refractivity contribution in [2.24, 2.45) is 0 Å². The van der Waals surface area contributed by atoms with Gasteiger partial charge in [0.15, 0.2) is 0 Å². The summed E-state index contributed by atoms with van der Waals surface area (Å²) in [6.45, 7) is 1.57. The summed E-state index contributed by atoms with van der Waals surface area (Å²) in [7, 11) is 0. The molecule has 0 spiro atoms. The first-order chi connectivity index (χ1) is 8.77. The molecule has 2 rings (SSSR count). The molecule has 0 atom stereocenters. The zero-order valence-electron chi connectivity index (χ0n) is 9.99. The summed E-state index contributed by atoms with van der Waals surface area (Å²) < 4.78 is 39.0. The molecule has 2 aromatic carbocycles. The molecule has 5 heteroatoms. The van der Waals surface area contributed by atoms with Crippen LogP contribution in [0.15, 0.2) is 36.4 Å². The van der Waals surface area contributed by atoms with E-state index in [1.165, 1.54) is 18.2 Å². The molecule has 2 aromatic rings. The minimum absolute atomic E-state index is 0.0794. The molecule has 19 heavy (non-hydrogen) atoms. The minimum atomic E-state index is -4.50. The van der Waals surface area contributed by atoms with Crippen LogP contribution in [0.25, 0.3) is 11.1 Å². The molecule has 2 nitrogen and oxygen atoms in total. The summed E-state index contributed by atoms with van der Waals surface area (Å²) >= 11 is 0. The summed E-state index contributed by atoms with van der Waals surface area (Å²) in [6.07, 6.45) is -4.50. The topological polar surface area (TPSA) is 40.5 Å². The van der Waals surface area contributed by atoms with E-state index < -0.39 is 11.7 Å². The average Bonchev–Trinajstić information content (AvgIpc) is 2.26. The Hall–Kier alpha value is -2.17. The molecule has 0 aliphatic heterocycles. The van der Waals surface area contributed by atoms with E-state index in [1.54, 1.807) is 13.0 Å². The average molecular weight is 268 g/mol. The van der Waals surface area contributed by atoms with Crippen LogP contribution in [0.2, 0.25) is 0 Å². The van der Waals surface area contributed by atoms with Gasteiger partial charge in [-0.25, -0.2) is 0 Å². The van der Waals surface area contributed by atoms with Crippen LogP contribution in [0.4, 0.5) is 13.2 Å². The van der Waals surface area contributed by atoms with Crippen LogP contribution < -0.4 is 0 Å². The van der Waals surface area contributed by atoms with Gasteiger partial charge < -0.3 is 10.2 Å². The Bertz CT molecular complexity index is 598. The zero-order valence-corrected chi connectivity index (χ0v) is 9.99. The third-order valence-corrected chi connectivity index (χ3v) is 2.69. The molecule has 0 unspecified atom stereocenters. The highest BCUT2D eigenvalue weighted by Crippen LogP contribution is 2.39. The Kier molecular flexibility index (Phi) is 3.14. The van der Waals surface area contributed by atoms with Crippen molar-refractivity contribution in [1.29, 1.82) is 0 Å². The van der Waals surface area contributed by atoms with Crippen LogP contribution in [0.5, 0.6) is 11.5 Å². The maximum absolute atomic E-state index is 13.0. The zero-order chi connectivity index (χ0) is 14.2. The van der Waals surface area contributed by atoms with Gasteiger partial charge in [0, 0.05) is 6.07 Å². The van der Waals surface area contributed by atoms with E-state index in [0.717, 1.165) is 12.1 Å². The summed E-state index contributed by atoms with van der Waals surface area (Å²) in [5, 5.41) is 18.7. The van der Waals surface area contributed by atoms with Crippen molar-refractivity contribution in [3.63, 3.8) is 0 Å². The maximum atomic E-state index is 13.0. The van der Waals surface area contributed by atoms with E-state index >= 15 is 0 Å². The molecule has 0 amide bonds. The van der Waals surface area contributed by atoms with Crippen LogP contribution in [0.1, 0.15) is 11.1 Å². The molecule has 0 bridgehead atoms. The van der Waals surface area contributed by atoms with Crippen molar-refractivity contribution in [1.82, 2.24) is 0 Å². The molecule has 2 N–H and O–H groups in total. The molecular weight excluding hydrogens is 257 g/mol. The molecule has 0 saturated heterocycles. The van der Waals surface area contributed by atoms with Gasteiger partial charge in [-0.2, -0.15) is 13.2 Å². The lowest BCUT2D eigenvalue weighted by molar-refractivity contribution is -0.137. The van der Waals surface area contributed by atoms with Crippen LogP contribution >= 0.6 is 0 Å². The van der Waals surface area contributed by atoms with Crippen molar-refractivity contribution in [3.8, 4) is 22.6 Å². The quantitative estimate of drug-likeness (QED) is 0.817. The number of benzene rings is 2. The number of rotatable bonds is 1. The highest BCUT2D eigenvalue weighted by molar-refractivity contribution is 5.71. The highest BCUT2D eigenvalue weighted by atomic mass is 19.4. The predicted molar refractivity (Wildman–Crippen MR) is 64.9 cm³/mol. The van der Waals surface area contributed by atoms with Crippen molar-refractivity contribution in [3.05, 3.63) is 47.5 Å². The van der Waals surface area contributed by atoms with Crippen LogP contribution in [-0.2, 0) is 6.18 Å². The Morgan fingerprint density at radius 1 is 0.895 bits per heavy atom. The van der Waals surface area contributed by atoms with E-state index in [-0.39, 0.29) is 22.6 Å². The van der Waals surface area contributed by atoms with Gasteiger partial charge in [-0.3, -0.25) is 0 Å². The van der Waals surface area contributed by atoms with E-state index in [9.17, 15) is 23.4 Å². The number of alkyl halides is 3. The molecule has 0 heterocycles. The highest BCUT2D eigenvalue weighted by Gasteiger charge is 2.33. The second kappa shape index (κ2) is 4.50. The first-order valence-corrected chi connectivity index (χ1v) is 5.48. The monoisotopic (exact) mass is 268 g/mol. The molecule has 0 radical (unpaired) electrons. The summed E-state index contributed by atoms with van der Waals surface area (Å²) in [6, 6.07) is 7.33. The second-order valence-electron chi connectivity index (χ2n) is 4.28. The third-order valence-electron chi connectivity index (χ3n) is 2.69. The molecular formula is C14H11F3O2. The fraction of sp³-hybridized carbons (Fsp3) is 0.143. The Labute approximate surface area is 107 Å². The number of aromatic hydroxyl groups is 2. The number of phenols is 2. The van der Waals surface area contributed by atoms with Crippen LogP contribution in [0, 0.1) is 6.92 Å². The Morgan fingerprint density at radius 2 is 1.47 bits per heavy atom. The SMILES string of the molecule is Cc1ccc(-c2cc(O)cc(O)c2)c(C(F)(F)F)c1. The smallest absolute Gasteiger partial charge is 0.417 e. The fourth-order valence-corrected chi connectivity index (χ4v) is 1.90. The van der Waals surface area contributed by atoms with Gasteiger partial charge in [-0.1, -0.05) is 17.7 Å². The Balaban J connectivity index is 2.68. The van der Waals surface area contributed by atoms with Gasteiger partial charge in [-0.05, 0) is 36.2 Å². The Morgan fingerprint density at radius 3 is 2.00 bits per heavy atom. The van der Waals surface area contributed by atoms with Crippen molar-refractivity contribution >= 4 is 0 Å². The van der Waals surface area contributed by atoms with Gasteiger partial charge in [-0.15, -0.1) is 0 Å². The van der Waals surface area contributed by atoms with Gasteiger partial charge in [0.2, 0.25) is 0 Å². The van der Waals surface area contributed by atoms with Crippen molar-refractivity contribution in [2.45, 2.75) is 13.1 Å². The molecule has 0 aliphatic rings. The van der Waals surface area contributed by atoms with E-state index in [0.29, 0.717) is 5.56 Å². The van der Waals surface area contributed by atoms with Gasteiger partial charge in [0.25, 0.3) is 0 Å². The largest absolute Gasteiger partial charge is 0.508 e. The van der Waals surface area contributed by atoms with Crippen molar-refractivity contribution in [2.75, 3.05) is 0 Å². The van der Waals surface area contributed by atoms with Crippen LogP contribution in [-0.4, -0.2) is 10.2 Å². The number of aryl methyl sites for hydroxylation is 1. The van der Waals surface area contributed by atoms with Crippen molar-refractivity contribution < 1.29 is 23.4 Å². The number of hydrogen-bond donors (Lipinski definition) is 2. The predicted octanol–water partition coefficient (Wildman–Crippen LogP) is 4.09. The summed E-state index contributed by atoms with van der Waals surface area (Å²) in [5.74, 6) is -0.576. The first-order valence-electron chi connectivity index (χ1n) is 5.48. The lowest BCUT2D eigenvalue weighted by atomic mass is 9.97. The van der Waals surface area contributed by atoms with E-state index in [1.807, 2.05) is 0 Å². The lowest BCUT2D eigenvalue weighted by Gasteiger charge is -2.14. The number of phenolic OH excluding ortho intramolecular Hbond substituents is 2. The molecule has 0 aromatic heterocycles. The minimum Gasteiger partial charge on any atom is -0.508 e. The number of halogens is 3. The summed E-state index contributed by atoms with van der Waals surface area (Å²) in [5.41, 5.74) is -0.271. The first kappa shape index (κ1) is 13.3. The van der Waals surface area contributed by atoms with E-state index in [4.69, 9.17) is 0 Å². The lowest BCUT2D eigenvalue weighted by Crippen LogP contribution is -2.07. The van der Waals surface area contributed by atoms with Gasteiger partial charge >= 0.3 is 6.18 Å². The normalized spacial score (nSPS) is 11.6. The maximum Gasteiger partial charge on any atom is 0.417 e. The second-order valence-corrected chi connectivity index (χ2v) is 4.28. The third kappa shape index (κ3) is 2.81. The van der Waals surface area contributed by atoms with E-state index in [2.05, 4.69) is 0 Å². The summed E-state index contributed by atoms with van der Waals surface area (Å²) in [4.78, 5) is 0. The molecule has 100 valence electrons. The van der Waals surface area contributed by atoms with Crippen LogP contribution in [0.3, 0.4) is 0 Å². The van der Waals surface area contributed by atoms with Gasteiger partial charge in [0.1, 0.15) is 11.5 Å².